The molecule has 3 rings (SSSR count). The van der Waals surface area contributed by atoms with Crippen LogP contribution in [0, 0.1) is 0 Å². The Balaban J connectivity index is 0.00000161. The van der Waals surface area contributed by atoms with Gasteiger partial charge in [-0.1, -0.05) is 6.07 Å². The normalized spacial score (nSPS) is 15.3. The summed E-state index contributed by atoms with van der Waals surface area (Å²) in [5.41, 5.74) is 0.895. The first-order chi connectivity index (χ1) is 9.88. The van der Waals surface area contributed by atoms with E-state index >= 15 is 0 Å². The molecule has 0 aliphatic carbocycles. The first-order valence-corrected chi connectivity index (χ1v) is 7.13. The first-order valence-electron chi connectivity index (χ1n) is 7.13. The Bertz CT molecular complexity index is 602. The van der Waals surface area contributed by atoms with Gasteiger partial charge < -0.3 is 10.2 Å². The predicted molar refractivity (Wildman–Crippen MR) is 94.3 cm³/mol. The average Bonchev–Trinajstić information content (AvgIpc) is 3.14. The van der Waals surface area contributed by atoms with Gasteiger partial charge in [-0.15, -0.1) is 34.2 Å². The topological polar surface area (TPSA) is 57.8 Å². The van der Waals surface area contributed by atoms with Gasteiger partial charge in [0.2, 0.25) is 0 Å². The van der Waals surface area contributed by atoms with Crippen molar-refractivity contribution in [3.63, 3.8) is 0 Å². The predicted octanol–water partition coefficient (Wildman–Crippen LogP) is 1.56. The summed E-state index contributed by atoms with van der Waals surface area (Å²) in [7, 11) is 1.84. The molecule has 3 heterocycles. The fourth-order valence-electron chi connectivity index (χ4n) is 2.61. The molecule has 0 spiro atoms. The van der Waals surface area contributed by atoms with Crippen molar-refractivity contribution in [1.82, 2.24) is 24.8 Å². The number of guanidine groups is 1. The summed E-state index contributed by atoms with van der Waals surface area (Å²) in [5.74, 6) is 1.97. The minimum absolute atomic E-state index is 0. The molecule has 0 aromatic carbocycles. The van der Waals surface area contributed by atoms with Gasteiger partial charge >= 0.3 is 0 Å². The number of rotatable bonds is 3. The number of hydrogen-bond donors (Lipinski definition) is 1. The number of pyridine rings is 1. The van der Waals surface area contributed by atoms with Crippen molar-refractivity contribution in [3.8, 4) is 0 Å². The smallest absolute Gasteiger partial charge is 0.193 e. The molecule has 0 amide bonds. The third-order valence-corrected chi connectivity index (χ3v) is 3.63. The Kier molecular flexibility index (Phi) is 5.77. The van der Waals surface area contributed by atoms with Crippen LogP contribution < -0.4 is 5.32 Å². The number of nitrogens with zero attached hydrogens (tertiary/aromatic N) is 5. The largest absolute Gasteiger partial charge is 0.356 e. The van der Waals surface area contributed by atoms with Crippen molar-refractivity contribution in [2.45, 2.75) is 19.3 Å². The van der Waals surface area contributed by atoms with Gasteiger partial charge in [-0.05, 0) is 25.0 Å². The number of hydrogen-bond acceptors (Lipinski definition) is 3. The fraction of sp³-hybridized carbons (Fsp3) is 0.500. The van der Waals surface area contributed by atoms with Crippen molar-refractivity contribution < 1.29 is 0 Å². The molecule has 2 aromatic heterocycles. The third kappa shape index (κ3) is 3.63. The lowest BCUT2D eigenvalue weighted by molar-refractivity contribution is 0.493. The second-order valence-corrected chi connectivity index (χ2v) is 4.96. The zero-order valence-electron chi connectivity index (χ0n) is 12.2. The quantitative estimate of drug-likeness (QED) is 0.483. The second-order valence-electron chi connectivity index (χ2n) is 4.96. The van der Waals surface area contributed by atoms with E-state index in [1.165, 1.54) is 12.8 Å². The molecule has 0 radical (unpaired) electrons. The Morgan fingerprint density at radius 2 is 2.10 bits per heavy atom. The van der Waals surface area contributed by atoms with E-state index in [2.05, 4.69) is 25.4 Å². The van der Waals surface area contributed by atoms with Gasteiger partial charge in [0.05, 0.1) is 0 Å². The zero-order chi connectivity index (χ0) is 13.8. The van der Waals surface area contributed by atoms with Crippen LogP contribution in [0.4, 0.5) is 0 Å². The molecule has 0 unspecified atom stereocenters. The van der Waals surface area contributed by atoms with E-state index in [1.807, 2.05) is 35.8 Å². The van der Waals surface area contributed by atoms with Gasteiger partial charge in [0, 0.05) is 39.3 Å². The molecule has 21 heavy (non-hydrogen) atoms. The Morgan fingerprint density at radius 3 is 2.86 bits per heavy atom. The van der Waals surface area contributed by atoms with Crippen LogP contribution in [0.2, 0.25) is 0 Å². The summed E-state index contributed by atoms with van der Waals surface area (Å²) in [4.78, 5) is 6.65. The molecule has 0 atom stereocenters. The Labute approximate surface area is 141 Å². The molecular weight excluding hydrogens is 379 g/mol. The second kappa shape index (κ2) is 7.58. The molecule has 0 saturated carbocycles. The van der Waals surface area contributed by atoms with E-state index in [1.54, 1.807) is 0 Å². The standard InChI is InChI=1S/C14H20N6.HI/c1-15-14(19-9-4-5-10-19)16-8-7-13-18-17-12-6-2-3-11-20(12)13;/h2-3,6,11H,4-5,7-10H2,1H3,(H,15,16);1H. The highest BCUT2D eigenvalue weighted by molar-refractivity contribution is 14.0. The fourth-order valence-corrected chi connectivity index (χ4v) is 2.61. The molecule has 6 nitrogen and oxygen atoms in total. The highest BCUT2D eigenvalue weighted by Crippen LogP contribution is 2.07. The molecule has 1 aliphatic rings. The van der Waals surface area contributed by atoms with Crippen LogP contribution in [-0.2, 0) is 6.42 Å². The van der Waals surface area contributed by atoms with Crippen molar-refractivity contribution >= 4 is 35.6 Å². The van der Waals surface area contributed by atoms with Gasteiger partial charge in [-0.3, -0.25) is 9.39 Å². The van der Waals surface area contributed by atoms with Crippen molar-refractivity contribution in [3.05, 3.63) is 30.2 Å². The minimum atomic E-state index is 0. The van der Waals surface area contributed by atoms with E-state index in [-0.39, 0.29) is 24.0 Å². The SMILES string of the molecule is CN=C(NCCc1nnc2ccccn12)N1CCCC1.I. The molecular formula is C14H21IN6. The summed E-state index contributed by atoms with van der Waals surface area (Å²) in [6.07, 6.45) is 5.35. The molecule has 0 bridgehead atoms. The maximum atomic E-state index is 4.34. The van der Waals surface area contributed by atoms with E-state index in [0.717, 1.165) is 43.5 Å². The monoisotopic (exact) mass is 400 g/mol. The van der Waals surface area contributed by atoms with Crippen molar-refractivity contribution in [2.24, 2.45) is 4.99 Å². The van der Waals surface area contributed by atoms with Gasteiger partial charge in [-0.25, -0.2) is 0 Å². The number of likely N-dealkylation sites (tertiary alicyclic amines) is 1. The summed E-state index contributed by atoms with van der Waals surface area (Å²) in [6, 6.07) is 5.94. The minimum Gasteiger partial charge on any atom is -0.356 e. The van der Waals surface area contributed by atoms with Crippen molar-refractivity contribution in [1.29, 1.82) is 0 Å². The van der Waals surface area contributed by atoms with Crippen LogP contribution >= 0.6 is 24.0 Å². The maximum Gasteiger partial charge on any atom is 0.193 e. The Hall–Kier alpha value is -1.38. The van der Waals surface area contributed by atoms with Crippen LogP contribution in [0.5, 0.6) is 0 Å². The molecule has 2 aromatic rings. The van der Waals surface area contributed by atoms with E-state index in [9.17, 15) is 0 Å². The molecule has 1 N–H and O–H groups in total. The van der Waals surface area contributed by atoms with Crippen LogP contribution in [0.15, 0.2) is 29.4 Å². The van der Waals surface area contributed by atoms with Crippen molar-refractivity contribution in [2.75, 3.05) is 26.7 Å². The summed E-state index contributed by atoms with van der Waals surface area (Å²) < 4.78 is 2.03. The van der Waals surface area contributed by atoms with E-state index in [0.29, 0.717) is 0 Å². The molecule has 1 saturated heterocycles. The lowest BCUT2D eigenvalue weighted by Gasteiger charge is -2.20. The number of aromatic nitrogens is 3. The number of halogens is 1. The number of nitrogens with one attached hydrogen (secondary N) is 1. The molecule has 114 valence electrons. The lowest BCUT2D eigenvalue weighted by Crippen LogP contribution is -2.40. The molecule has 7 heteroatoms. The van der Waals surface area contributed by atoms with Crippen LogP contribution in [-0.4, -0.2) is 52.1 Å². The summed E-state index contributed by atoms with van der Waals surface area (Å²) >= 11 is 0. The van der Waals surface area contributed by atoms with E-state index in [4.69, 9.17) is 0 Å². The Morgan fingerprint density at radius 1 is 1.29 bits per heavy atom. The maximum absolute atomic E-state index is 4.34. The first kappa shape index (κ1) is 16.0. The molecule has 1 aliphatic heterocycles. The summed E-state index contributed by atoms with van der Waals surface area (Å²) in [6.45, 7) is 3.03. The molecule has 1 fully saturated rings. The lowest BCUT2D eigenvalue weighted by atomic mass is 10.4. The van der Waals surface area contributed by atoms with Gasteiger partial charge in [0.15, 0.2) is 11.6 Å². The van der Waals surface area contributed by atoms with Crippen LogP contribution in [0.25, 0.3) is 5.65 Å². The van der Waals surface area contributed by atoms with Gasteiger partial charge in [0.1, 0.15) is 5.82 Å². The highest BCUT2D eigenvalue weighted by Gasteiger charge is 2.15. The van der Waals surface area contributed by atoms with Gasteiger partial charge in [0.25, 0.3) is 0 Å². The third-order valence-electron chi connectivity index (χ3n) is 3.63. The van der Waals surface area contributed by atoms with E-state index < -0.39 is 0 Å². The average molecular weight is 400 g/mol. The number of fused-ring (bicyclic) bond motifs is 1. The number of aliphatic imine (C=N–C) groups is 1. The summed E-state index contributed by atoms with van der Waals surface area (Å²) in [5, 5.41) is 11.8. The zero-order valence-corrected chi connectivity index (χ0v) is 14.5. The highest BCUT2D eigenvalue weighted by atomic mass is 127. The van der Waals surface area contributed by atoms with Crippen LogP contribution in [0.1, 0.15) is 18.7 Å². The van der Waals surface area contributed by atoms with Crippen LogP contribution in [0.3, 0.4) is 0 Å². The van der Waals surface area contributed by atoms with Gasteiger partial charge in [-0.2, -0.15) is 0 Å².